The Kier molecular flexibility index (Phi) is 4.79. The van der Waals surface area contributed by atoms with Crippen LogP contribution in [-0.4, -0.2) is 32.2 Å². The average Bonchev–Trinajstić information content (AvgIpc) is 2.84. The molecule has 16 heavy (non-hydrogen) atoms. The lowest BCUT2D eigenvalue weighted by Gasteiger charge is -2.21. The Hall–Kier alpha value is -0.410. The van der Waals surface area contributed by atoms with Crippen LogP contribution in [0.4, 0.5) is 0 Å². The second-order valence-corrected chi connectivity index (χ2v) is 5.05. The summed E-state index contributed by atoms with van der Waals surface area (Å²) < 4.78 is 10.7. The van der Waals surface area contributed by atoms with Gasteiger partial charge in [0.2, 0.25) is 0 Å². The van der Waals surface area contributed by atoms with Gasteiger partial charge in [0.15, 0.2) is 5.78 Å². The van der Waals surface area contributed by atoms with E-state index in [0.717, 1.165) is 19.6 Å². The average molecular weight is 226 g/mol. The Labute approximate surface area is 97.5 Å². The van der Waals surface area contributed by atoms with Crippen LogP contribution in [-0.2, 0) is 14.3 Å². The quantitative estimate of drug-likeness (QED) is 0.721. The van der Waals surface area contributed by atoms with Crippen molar-refractivity contribution in [3.8, 4) is 0 Å². The maximum atomic E-state index is 11.7. The molecule has 0 N–H and O–H groups in total. The molecule has 0 aromatic rings. The first-order valence-electron chi connectivity index (χ1n) is 6.54. The van der Waals surface area contributed by atoms with E-state index >= 15 is 0 Å². The highest BCUT2D eigenvalue weighted by atomic mass is 16.5. The molecule has 92 valence electrons. The fourth-order valence-electron chi connectivity index (χ4n) is 2.59. The van der Waals surface area contributed by atoms with Gasteiger partial charge in [-0.05, 0) is 25.2 Å². The molecule has 1 saturated heterocycles. The van der Waals surface area contributed by atoms with E-state index in [1.807, 2.05) is 0 Å². The summed E-state index contributed by atoms with van der Waals surface area (Å²) in [5.74, 6) is 1.03. The van der Waals surface area contributed by atoms with E-state index < -0.39 is 0 Å². The van der Waals surface area contributed by atoms with Gasteiger partial charge in [-0.25, -0.2) is 0 Å². The molecule has 2 aliphatic rings. The van der Waals surface area contributed by atoms with Gasteiger partial charge in [-0.3, -0.25) is 4.79 Å². The highest BCUT2D eigenvalue weighted by Crippen LogP contribution is 2.23. The molecule has 3 nitrogen and oxygen atoms in total. The van der Waals surface area contributed by atoms with Crippen molar-refractivity contribution in [3.63, 3.8) is 0 Å². The smallest absolute Gasteiger partial charge is 0.163 e. The molecule has 2 fully saturated rings. The molecule has 0 radical (unpaired) electrons. The van der Waals surface area contributed by atoms with Gasteiger partial charge in [0.1, 0.15) is 6.61 Å². The summed E-state index contributed by atoms with van der Waals surface area (Å²) >= 11 is 0. The molecule has 0 amide bonds. The molecule has 0 aromatic heterocycles. The molecule has 1 saturated carbocycles. The summed E-state index contributed by atoms with van der Waals surface area (Å²) in [4.78, 5) is 11.7. The molecular weight excluding hydrogens is 204 g/mol. The Morgan fingerprint density at radius 2 is 2.00 bits per heavy atom. The topological polar surface area (TPSA) is 35.5 Å². The number of hydrogen-bond acceptors (Lipinski definition) is 3. The van der Waals surface area contributed by atoms with Crippen molar-refractivity contribution in [1.29, 1.82) is 0 Å². The van der Waals surface area contributed by atoms with Crippen molar-refractivity contribution in [3.05, 3.63) is 0 Å². The maximum Gasteiger partial charge on any atom is 0.163 e. The maximum absolute atomic E-state index is 11.7. The van der Waals surface area contributed by atoms with Gasteiger partial charge in [-0.15, -0.1) is 0 Å². The van der Waals surface area contributed by atoms with Crippen LogP contribution in [0.2, 0.25) is 0 Å². The number of Topliss-reactive ketones (excluding diaryl/α,β-unsaturated/α-hetero) is 1. The third-order valence-electron chi connectivity index (χ3n) is 3.71. The molecule has 1 aliphatic carbocycles. The van der Waals surface area contributed by atoms with Crippen LogP contribution in [0.5, 0.6) is 0 Å². The lowest BCUT2D eigenvalue weighted by atomic mass is 9.90. The van der Waals surface area contributed by atoms with Crippen molar-refractivity contribution in [2.75, 3.05) is 26.4 Å². The largest absolute Gasteiger partial charge is 0.381 e. The fraction of sp³-hybridized carbons (Fsp3) is 0.923. The van der Waals surface area contributed by atoms with Crippen molar-refractivity contribution < 1.29 is 14.3 Å². The van der Waals surface area contributed by atoms with E-state index in [1.54, 1.807) is 0 Å². The molecule has 1 heterocycles. The van der Waals surface area contributed by atoms with Gasteiger partial charge in [0.05, 0.1) is 6.61 Å². The SMILES string of the molecule is O=C(COCC1CCCCC1)C1CCOC1. The van der Waals surface area contributed by atoms with Gasteiger partial charge < -0.3 is 9.47 Å². The number of ketones is 1. The second-order valence-electron chi connectivity index (χ2n) is 5.05. The minimum Gasteiger partial charge on any atom is -0.381 e. The predicted molar refractivity (Wildman–Crippen MR) is 61.3 cm³/mol. The van der Waals surface area contributed by atoms with E-state index in [4.69, 9.17) is 9.47 Å². The minimum absolute atomic E-state index is 0.103. The van der Waals surface area contributed by atoms with E-state index in [-0.39, 0.29) is 11.7 Å². The molecule has 1 unspecified atom stereocenters. The van der Waals surface area contributed by atoms with Crippen LogP contribution in [0.25, 0.3) is 0 Å². The first-order valence-corrected chi connectivity index (χ1v) is 6.54. The molecule has 3 heteroatoms. The minimum atomic E-state index is 0.103. The molecule has 1 aliphatic heterocycles. The first kappa shape index (κ1) is 12.1. The van der Waals surface area contributed by atoms with E-state index in [1.165, 1.54) is 32.1 Å². The van der Waals surface area contributed by atoms with Gasteiger partial charge in [0.25, 0.3) is 0 Å². The van der Waals surface area contributed by atoms with Crippen LogP contribution < -0.4 is 0 Å². The normalized spacial score (nSPS) is 27.1. The van der Waals surface area contributed by atoms with E-state index in [2.05, 4.69) is 0 Å². The Morgan fingerprint density at radius 3 is 2.69 bits per heavy atom. The Balaban J connectivity index is 1.57. The summed E-state index contributed by atoms with van der Waals surface area (Å²) in [7, 11) is 0. The number of ether oxygens (including phenoxy) is 2. The number of rotatable bonds is 5. The summed E-state index contributed by atoms with van der Waals surface area (Å²) in [6, 6.07) is 0. The van der Waals surface area contributed by atoms with Gasteiger partial charge in [-0.2, -0.15) is 0 Å². The first-order chi connectivity index (χ1) is 7.86. The van der Waals surface area contributed by atoms with Gasteiger partial charge in [0, 0.05) is 19.1 Å². The summed E-state index contributed by atoms with van der Waals surface area (Å²) in [5.41, 5.74) is 0. The highest BCUT2D eigenvalue weighted by Gasteiger charge is 2.23. The molecule has 0 aromatic carbocycles. The lowest BCUT2D eigenvalue weighted by Crippen LogP contribution is -2.22. The highest BCUT2D eigenvalue weighted by molar-refractivity contribution is 5.82. The van der Waals surface area contributed by atoms with Gasteiger partial charge in [-0.1, -0.05) is 19.3 Å². The van der Waals surface area contributed by atoms with E-state index in [9.17, 15) is 4.79 Å². The Morgan fingerprint density at radius 1 is 1.19 bits per heavy atom. The molecule has 0 bridgehead atoms. The molecule has 0 spiro atoms. The zero-order chi connectivity index (χ0) is 11.2. The summed E-state index contributed by atoms with van der Waals surface area (Å²) in [6.45, 7) is 2.41. The zero-order valence-electron chi connectivity index (χ0n) is 9.95. The van der Waals surface area contributed by atoms with Crippen molar-refractivity contribution >= 4 is 5.78 Å². The lowest BCUT2D eigenvalue weighted by molar-refractivity contribution is -0.128. The zero-order valence-corrected chi connectivity index (χ0v) is 9.95. The summed E-state index contributed by atoms with van der Waals surface area (Å²) in [5, 5.41) is 0. The van der Waals surface area contributed by atoms with Crippen LogP contribution in [0.3, 0.4) is 0 Å². The monoisotopic (exact) mass is 226 g/mol. The van der Waals surface area contributed by atoms with Gasteiger partial charge >= 0.3 is 0 Å². The third kappa shape index (κ3) is 3.56. The molecule has 1 atom stereocenters. The number of hydrogen-bond donors (Lipinski definition) is 0. The van der Waals surface area contributed by atoms with Crippen molar-refractivity contribution in [1.82, 2.24) is 0 Å². The van der Waals surface area contributed by atoms with Crippen LogP contribution in [0, 0.1) is 11.8 Å². The molecule has 2 rings (SSSR count). The third-order valence-corrected chi connectivity index (χ3v) is 3.71. The molecular formula is C13H22O3. The number of carbonyl (C=O) groups excluding carboxylic acids is 1. The standard InChI is InChI=1S/C13H22O3/c14-13(12-6-7-15-9-12)10-16-8-11-4-2-1-3-5-11/h11-12H,1-10H2. The second kappa shape index (κ2) is 6.36. The van der Waals surface area contributed by atoms with E-state index in [0.29, 0.717) is 19.1 Å². The predicted octanol–water partition coefficient (Wildman–Crippen LogP) is 2.19. The van der Waals surface area contributed by atoms with Crippen LogP contribution >= 0.6 is 0 Å². The summed E-state index contributed by atoms with van der Waals surface area (Å²) in [6.07, 6.45) is 7.47. The van der Waals surface area contributed by atoms with Crippen LogP contribution in [0.15, 0.2) is 0 Å². The van der Waals surface area contributed by atoms with Crippen LogP contribution in [0.1, 0.15) is 38.5 Å². The van der Waals surface area contributed by atoms with Crippen molar-refractivity contribution in [2.24, 2.45) is 11.8 Å². The fourth-order valence-corrected chi connectivity index (χ4v) is 2.59. The van der Waals surface area contributed by atoms with Crippen molar-refractivity contribution in [2.45, 2.75) is 38.5 Å². The number of carbonyl (C=O) groups is 1. The Bertz CT molecular complexity index is 215.